The average molecular weight is 149 g/mol. The molecule has 2 nitrogen and oxygen atoms in total. The predicted octanol–water partition coefficient (Wildman–Crippen LogP) is 1.69. The monoisotopic (exact) mass is 149 g/mol. The fraction of sp³-hybridized carbons (Fsp3) is 0.222. The summed E-state index contributed by atoms with van der Waals surface area (Å²) in [6.45, 7) is 3.55. The molecule has 0 aliphatic heterocycles. The maximum Gasteiger partial charge on any atom is 0.0825 e. The number of hydrogen-bond acceptors (Lipinski definition) is 2. The van der Waals surface area contributed by atoms with Crippen LogP contribution in [0.1, 0.15) is 18.1 Å². The largest absolute Gasteiger partial charge is 0.388 e. The second-order valence-corrected chi connectivity index (χ2v) is 2.32. The van der Waals surface area contributed by atoms with E-state index in [1.807, 2.05) is 0 Å². The lowest BCUT2D eigenvalue weighted by Crippen LogP contribution is -1.94. The van der Waals surface area contributed by atoms with E-state index in [9.17, 15) is 5.11 Å². The second-order valence-electron chi connectivity index (χ2n) is 2.32. The molecule has 1 rings (SSSR count). The van der Waals surface area contributed by atoms with Gasteiger partial charge in [-0.15, -0.1) is 6.58 Å². The third kappa shape index (κ3) is 2.16. The Balaban J connectivity index is 2.68. The lowest BCUT2D eigenvalue weighted by Gasteiger charge is -2.06. The van der Waals surface area contributed by atoms with Crippen molar-refractivity contribution in [3.05, 3.63) is 42.7 Å². The van der Waals surface area contributed by atoms with E-state index in [1.54, 1.807) is 30.6 Å². The Morgan fingerprint density at radius 1 is 1.55 bits per heavy atom. The van der Waals surface area contributed by atoms with Gasteiger partial charge in [-0.3, -0.25) is 4.98 Å². The van der Waals surface area contributed by atoms with E-state index in [0.29, 0.717) is 6.42 Å². The van der Waals surface area contributed by atoms with Crippen LogP contribution in [0.4, 0.5) is 0 Å². The van der Waals surface area contributed by atoms with Crippen molar-refractivity contribution >= 4 is 0 Å². The van der Waals surface area contributed by atoms with Crippen molar-refractivity contribution in [3.63, 3.8) is 0 Å². The number of rotatable bonds is 3. The smallest absolute Gasteiger partial charge is 0.0825 e. The van der Waals surface area contributed by atoms with Crippen LogP contribution in [0.3, 0.4) is 0 Å². The predicted molar refractivity (Wildman–Crippen MR) is 44.0 cm³/mol. The van der Waals surface area contributed by atoms with Gasteiger partial charge in [0.2, 0.25) is 0 Å². The van der Waals surface area contributed by atoms with Crippen molar-refractivity contribution < 1.29 is 5.11 Å². The number of hydrogen-bond donors (Lipinski definition) is 1. The summed E-state index contributed by atoms with van der Waals surface area (Å²) in [5.74, 6) is 0. The quantitative estimate of drug-likeness (QED) is 0.663. The third-order valence-electron chi connectivity index (χ3n) is 1.48. The zero-order valence-electron chi connectivity index (χ0n) is 6.27. The number of nitrogens with zero attached hydrogens (tertiary/aromatic N) is 1. The topological polar surface area (TPSA) is 33.1 Å². The van der Waals surface area contributed by atoms with Crippen LogP contribution in [0, 0.1) is 0 Å². The van der Waals surface area contributed by atoms with Crippen LogP contribution in [0.15, 0.2) is 37.2 Å². The molecule has 0 fully saturated rings. The number of aliphatic hydroxyl groups excluding tert-OH is 1. The first-order valence-electron chi connectivity index (χ1n) is 3.53. The number of aliphatic hydroxyl groups is 1. The normalized spacial score (nSPS) is 12.5. The molecular weight excluding hydrogens is 138 g/mol. The first kappa shape index (κ1) is 7.95. The van der Waals surface area contributed by atoms with Crippen molar-refractivity contribution in [2.45, 2.75) is 12.5 Å². The molecule has 2 heteroatoms. The van der Waals surface area contributed by atoms with Crippen LogP contribution >= 0.6 is 0 Å². The highest BCUT2D eigenvalue weighted by Gasteiger charge is 2.02. The van der Waals surface area contributed by atoms with E-state index >= 15 is 0 Å². The Morgan fingerprint density at radius 2 is 2.18 bits per heavy atom. The van der Waals surface area contributed by atoms with Crippen LogP contribution < -0.4 is 0 Å². The van der Waals surface area contributed by atoms with Gasteiger partial charge in [-0.05, 0) is 24.1 Å². The minimum atomic E-state index is -0.435. The molecule has 11 heavy (non-hydrogen) atoms. The van der Waals surface area contributed by atoms with Gasteiger partial charge in [0.15, 0.2) is 0 Å². The molecule has 1 N–H and O–H groups in total. The van der Waals surface area contributed by atoms with E-state index in [4.69, 9.17) is 0 Å². The van der Waals surface area contributed by atoms with Crippen molar-refractivity contribution in [3.8, 4) is 0 Å². The number of pyridine rings is 1. The van der Waals surface area contributed by atoms with Crippen LogP contribution in [0.2, 0.25) is 0 Å². The molecule has 0 radical (unpaired) electrons. The summed E-state index contributed by atoms with van der Waals surface area (Å²) in [5, 5.41) is 9.42. The van der Waals surface area contributed by atoms with E-state index in [2.05, 4.69) is 11.6 Å². The molecular formula is C9H11NO. The number of aromatic nitrogens is 1. The third-order valence-corrected chi connectivity index (χ3v) is 1.48. The van der Waals surface area contributed by atoms with Crippen molar-refractivity contribution in [1.29, 1.82) is 0 Å². The summed E-state index contributed by atoms with van der Waals surface area (Å²) >= 11 is 0. The van der Waals surface area contributed by atoms with Crippen molar-refractivity contribution in [1.82, 2.24) is 4.98 Å². The fourth-order valence-corrected chi connectivity index (χ4v) is 0.880. The van der Waals surface area contributed by atoms with Crippen LogP contribution in [-0.2, 0) is 0 Å². The van der Waals surface area contributed by atoms with Crippen LogP contribution in [0.5, 0.6) is 0 Å². The first-order chi connectivity index (χ1) is 5.34. The van der Waals surface area contributed by atoms with E-state index in [1.165, 1.54) is 0 Å². The van der Waals surface area contributed by atoms with Gasteiger partial charge in [0.05, 0.1) is 6.10 Å². The molecule has 0 bridgehead atoms. The summed E-state index contributed by atoms with van der Waals surface area (Å²) in [6, 6.07) is 3.60. The minimum absolute atomic E-state index is 0.435. The van der Waals surface area contributed by atoms with Gasteiger partial charge in [0, 0.05) is 12.4 Å². The molecule has 0 spiro atoms. The summed E-state index contributed by atoms with van der Waals surface area (Å²) in [7, 11) is 0. The molecule has 1 aromatic rings. The molecule has 1 aromatic heterocycles. The highest BCUT2D eigenvalue weighted by molar-refractivity contribution is 5.13. The molecule has 0 saturated heterocycles. The minimum Gasteiger partial charge on any atom is -0.388 e. The lowest BCUT2D eigenvalue weighted by atomic mass is 10.1. The maximum absolute atomic E-state index is 9.42. The fourth-order valence-electron chi connectivity index (χ4n) is 0.880. The highest BCUT2D eigenvalue weighted by Crippen LogP contribution is 2.14. The molecule has 0 amide bonds. The molecule has 0 aliphatic rings. The van der Waals surface area contributed by atoms with Crippen LogP contribution in [0.25, 0.3) is 0 Å². The van der Waals surface area contributed by atoms with E-state index < -0.39 is 6.10 Å². The average Bonchev–Trinajstić information content (AvgIpc) is 2.07. The molecule has 0 aromatic carbocycles. The molecule has 1 atom stereocenters. The Kier molecular flexibility index (Phi) is 2.81. The molecule has 0 aliphatic carbocycles. The summed E-state index contributed by atoms with van der Waals surface area (Å²) in [5.41, 5.74) is 0.889. The Hall–Kier alpha value is -1.15. The maximum atomic E-state index is 9.42. The standard InChI is InChI=1S/C9H11NO/c1-2-3-9(11)8-4-6-10-7-5-8/h2,4-7,9,11H,1,3H2/t9-/m0/s1. The van der Waals surface area contributed by atoms with Gasteiger partial charge >= 0.3 is 0 Å². The van der Waals surface area contributed by atoms with Gasteiger partial charge < -0.3 is 5.11 Å². The van der Waals surface area contributed by atoms with Gasteiger partial charge in [0.25, 0.3) is 0 Å². The Morgan fingerprint density at radius 3 is 2.73 bits per heavy atom. The molecule has 58 valence electrons. The van der Waals surface area contributed by atoms with Gasteiger partial charge in [0.1, 0.15) is 0 Å². The summed E-state index contributed by atoms with van der Waals surface area (Å²) < 4.78 is 0. The first-order valence-corrected chi connectivity index (χ1v) is 3.53. The highest BCUT2D eigenvalue weighted by atomic mass is 16.3. The summed E-state index contributed by atoms with van der Waals surface area (Å²) in [4.78, 5) is 3.85. The molecule has 0 saturated carbocycles. The Labute approximate surface area is 66.2 Å². The zero-order chi connectivity index (χ0) is 8.10. The SMILES string of the molecule is C=CC[C@H](O)c1ccncc1. The van der Waals surface area contributed by atoms with Gasteiger partial charge in [-0.25, -0.2) is 0 Å². The lowest BCUT2D eigenvalue weighted by molar-refractivity contribution is 0.181. The van der Waals surface area contributed by atoms with Crippen molar-refractivity contribution in [2.75, 3.05) is 0 Å². The summed E-state index contributed by atoms with van der Waals surface area (Å²) in [6.07, 6.45) is 5.19. The van der Waals surface area contributed by atoms with Crippen molar-refractivity contribution in [2.24, 2.45) is 0 Å². The van der Waals surface area contributed by atoms with E-state index in [0.717, 1.165) is 5.56 Å². The van der Waals surface area contributed by atoms with E-state index in [-0.39, 0.29) is 0 Å². The van der Waals surface area contributed by atoms with Gasteiger partial charge in [-0.2, -0.15) is 0 Å². The van der Waals surface area contributed by atoms with Gasteiger partial charge in [-0.1, -0.05) is 6.08 Å². The molecule has 1 heterocycles. The second kappa shape index (κ2) is 3.88. The van der Waals surface area contributed by atoms with Crippen LogP contribution in [-0.4, -0.2) is 10.1 Å². The molecule has 0 unspecified atom stereocenters. The Bertz CT molecular complexity index is 220. The zero-order valence-corrected chi connectivity index (χ0v) is 6.27.